The lowest BCUT2D eigenvalue weighted by Gasteiger charge is -2.26. The minimum Gasteiger partial charge on any atom is -0.326 e. The van der Waals surface area contributed by atoms with Gasteiger partial charge in [-0.3, -0.25) is 0 Å². The van der Waals surface area contributed by atoms with E-state index in [-0.39, 0.29) is 0 Å². The van der Waals surface area contributed by atoms with Crippen molar-refractivity contribution in [1.29, 1.82) is 0 Å². The topological polar surface area (TPSA) is 38.9 Å². The van der Waals surface area contributed by atoms with Crippen LogP contribution in [0.2, 0.25) is 0 Å². The Morgan fingerprint density at radius 2 is 1.78 bits per heavy atom. The Hall–Kier alpha value is -0.410. The molecular formula is C15H24N2S. The maximum atomic E-state index is 5.87. The van der Waals surface area contributed by atoms with Crippen molar-refractivity contribution in [2.75, 3.05) is 0 Å². The summed E-state index contributed by atoms with van der Waals surface area (Å²) >= 11 is 1.91. The SMILES string of the molecule is CCC1CCC(c2nc(C3CC3)c(CN)s2)CC1. The zero-order valence-corrected chi connectivity index (χ0v) is 12.1. The van der Waals surface area contributed by atoms with Crippen LogP contribution >= 0.6 is 11.3 Å². The molecule has 0 amide bonds. The van der Waals surface area contributed by atoms with E-state index in [4.69, 9.17) is 10.7 Å². The van der Waals surface area contributed by atoms with Gasteiger partial charge in [0.15, 0.2) is 0 Å². The molecule has 2 saturated carbocycles. The van der Waals surface area contributed by atoms with Gasteiger partial charge in [-0.25, -0.2) is 4.98 Å². The Kier molecular flexibility index (Phi) is 3.71. The van der Waals surface area contributed by atoms with Gasteiger partial charge in [0.2, 0.25) is 0 Å². The average molecular weight is 264 g/mol. The third-order valence-corrected chi connectivity index (χ3v) is 5.92. The van der Waals surface area contributed by atoms with Crippen molar-refractivity contribution in [3.05, 3.63) is 15.6 Å². The minimum atomic E-state index is 0.688. The summed E-state index contributed by atoms with van der Waals surface area (Å²) in [4.78, 5) is 6.32. The predicted octanol–water partition coefficient (Wildman–Crippen LogP) is 4.16. The van der Waals surface area contributed by atoms with Crippen LogP contribution in [0.4, 0.5) is 0 Å². The molecule has 2 fully saturated rings. The first-order valence-corrected chi connectivity index (χ1v) is 8.33. The zero-order valence-electron chi connectivity index (χ0n) is 11.3. The molecule has 1 aromatic heterocycles. The molecule has 0 atom stereocenters. The van der Waals surface area contributed by atoms with Gasteiger partial charge in [0, 0.05) is 23.3 Å². The molecule has 0 unspecified atom stereocenters. The van der Waals surface area contributed by atoms with E-state index in [1.54, 1.807) is 0 Å². The Balaban J connectivity index is 1.72. The van der Waals surface area contributed by atoms with Gasteiger partial charge in [0.25, 0.3) is 0 Å². The molecular weight excluding hydrogens is 240 g/mol. The summed E-state index contributed by atoms with van der Waals surface area (Å²) < 4.78 is 0. The van der Waals surface area contributed by atoms with E-state index in [9.17, 15) is 0 Å². The van der Waals surface area contributed by atoms with Crippen molar-refractivity contribution in [2.45, 2.75) is 70.3 Å². The standard InChI is InChI=1S/C15H24N2S/c1-2-10-3-5-12(6-4-10)15-17-14(11-7-8-11)13(9-16)18-15/h10-12H,2-9,16H2,1H3. The number of nitrogens with zero attached hydrogens (tertiary/aromatic N) is 1. The van der Waals surface area contributed by atoms with Crippen molar-refractivity contribution in [1.82, 2.24) is 4.98 Å². The maximum Gasteiger partial charge on any atom is 0.0962 e. The Morgan fingerprint density at radius 3 is 2.33 bits per heavy atom. The van der Waals surface area contributed by atoms with E-state index >= 15 is 0 Å². The maximum absolute atomic E-state index is 5.87. The zero-order chi connectivity index (χ0) is 12.5. The van der Waals surface area contributed by atoms with Crippen LogP contribution in [0.15, 0.2) is 0 Å². The first-order valence-electron chi connectivity index (χ1n) is 7.51. The second-order valence-corrected chi connectivity index (χ2v) is 7.08. The first kappa shape index (κ1) is 12.6. The number of hydrogen-bond donors (Lipinski definition) is 1. The van der Waals surface area contributed by atoms with Crippen LogP contribution < -0.4 is 5.73 Å². The van der Waals surface area contributed by atoms with E-state index in [0.717, 1.165) is 17.8 Å². The van der Waals surface area contributed by atoms with Gasteiger partial charge in [-0.1, -0.05) is 13.3 Å². The molecule has 2 N–H and O–H groups in total. The molecule has 0 spiro atoms. The minimum absolute atomic E-state index is 0.688. The Morgan fingerprint density at radius 1 is 1.11 bits per heavy atom. The highest BCUT2D eigenvalue weighted by atomic mass is 32.1. The molecule has 1 heterocycles. The smallest absolute Gasteiger partial charge is 0.0962 e. The van der Waals surface area contributed by atoms with Gasteiger partial charge in [-0.15, -0.1) is 11.3 Å². The third kappa shape index (κ3) is 2.48. The van der Waals surface area contributed by atoms with Crippen molar-refractivity contribution >= 4 is 11.3 Å². The van der Waals surface area contributed by atoms with Crippen LogP contribution in [-0.4, -0.2) is 4.98 Å². The molecule has 2 nitrogen and oxygen atoms in total. The number of aromatic nitrogens is 1. The molecule has 2 aliphatic rings. The van der Waals surface area contributed by atoms with Crippen LogP contribution in [0, 0.1) is 5.92 Å². The summed E-state index contributed by atoms with van der Waals surface area (Å²) in [6, 6.07) is 0. The quantitative estimate of drug-likeness (QED) is 0.886. The highest BCUT2D eigenvalue weighted by Crippen LogP contribution is 2.45. The Bertz CT molecular complexity index is 401. The molecule has 0 saturated heterocycles. The largest absolute Gasteiger partial charge is 0.326 e. The van der Waals surface area contributed by atoms with Crippen LogP contribution in [0.5, 0.6) is 0 Å². The molecule has 0 bridgehead atoms. The number of rotatable bonds is 4. The molecule has 0 aliphatic heterocycles. The fourth-order valence-corrected chi connectivity index (χ4v) is 4.40. The fraction of sp³-hybridized carbons (Fsp3) is 0.800. The van der Waals surface area contributed by atoms with Crippen LogP contribution in [-0.2, 0) is 6.54 Å². The van der Waals surface area contributed by atoms with Gasteiger partial charge in [0.1, 0.15) is 0 Å². The second kappa shape index (κ2) is 5.30. The van der Waals surface area contributed by atoms with E-state index in [0.29, 0.717) is 6.54 Å². The van der Waals surface area contributed by atoms with Gasteiger partial charge in [-0.05, 0) is 44.4 Å². The summed E-state index contributed by atoms with van der Waals surface area (Å²) in [6.45, 7) is 3.01. The average Bonchev–Trinajstić information content (AvgIpc) is 3.18. The monoisotopic (exact) mass is 264 g/mol. The number of thiazole rings is 1. The lowest BCUT2D eigenvalue weighted by Crippen LogP contribution is -2.12. The highest BCUT2D eigenvalue weighted by molar-refractivity contribution is 7.11. The summed E-state index contributed by atoms with van der Waals surface area (Å²) in [5.74, 6) is 2.45. The highest BCUT2D eigenvalue weighted by Gasteiger charge is 2.31. The van der Waals surface area contributed by atoms with Crippen molar-refractivity contribution in [2.24, 2.45) is 11.7 Å². The molecule has 0 aromatic carbocycles. The molecule has 1 aromatic rings. The van der Waals surface area contributed by atoms with Gasteiger partial charge in [0.05, 0.1) is 10.7 Å². The van der Waals surface area contributed by atoms with E-state index < -0.39 is 0 Å². The van der Waals surface area contributed by atoms with Crippen LogP contribution in [0.25, 0.3) is 0 Å². The van der Waals surface area contributed by atoms with Crippen LogP contribution in [0.1, 0.15) is 79.3 Å². The van der Waals surface area contributed by atoms with Crippen molar-refractivity contribution in [3.63, 3.8) is 0 Å². The first-order chi connectivity index (χ1) is 8.81. The summed E-state index contributed by atoms with van der Waals surface area (Å²) in [5, 5.41) is 1.40. The number of hydrogen-bond acceptors (Lipinski definition) is 3. The second-order valence-electron chi connectivity index (χ2n) is 5.96. The van der Waals surface area contributed by atoms with E-state index in [1.807, 2.05) is 11.3 Å². The van der Waals surface area contributed by atoms with Crippen LogP contribution in [0.3, 0.4) is 0 Å². The fourth-order valence-electron chi connectivity index (χ4n) is 3.20. The van der Waals surface area contributed by atoms with Gasteiger partial charge in [-0.2, -0.15) is 0 Å². The molecule has 100 valence electrons. The van der Waals surface area contributed by atoms with Gasteiger partial charge >= 0.3 is 0 Å². The van der Waals surface area contributed by atoms with E-state index in [1.165, 1.54) is 60.5 Å². The Labute approximate surface area is 114 Å². The summed E-state index contributed by atoms with van der Waals surface area (Å²) in [7, 11) is 0. The number of nitrogens with two attached hydrogens (primary N) is 1. The molecule has 3 heteroatoms. The van der Waals surface area contributed by atoms with Crippen molar-refractivity contribution in [3.8, 4) is 0 Å². The lowest BCUT2D eigenvalue weighted by molar-refractivity contribution is 0.318. The van der Waals surface area contributed by atoms with Crippen molar-refractivity contribution < 1.29 is 0 Å². The molecule has 2 aliphatic carbocycles. The third-order valence-electron chi connectivity index (χ3n) is 4.67. The van der Waals surface area contributed by atoms with Gasteiger partial charge < -0.3 is 5.73 Å². The molecule has 3 rings (SSSR count). The summed E-state index contributed by atoms with van der Waals surface area (Å²) in [5.41, 5.74) is 7.23. The normalized spacial score (nSPS) is 28.6. The molecule has 18 heavy (non-hydrogen) atoms. The van der Waals surface area contributed by atoms with E-state index in [2.05, 4.69) is 6.92 Å². The lowest BCUT2D eigenvalue weighted by atomic mass is 9.81. The molecule has 0 radical (unpaired) electrons. The summed E-state index contributed by atoms with van der Waals surface area (Å²) in [6.07, 6.45) is 9.51. The predicted molar refractivity (Wildman–Crippen MR) is 77.0 cm³/mol.